The van der Waals surface area contributed by atoms with Crippen molar-refractivity contribution in [2.75, 3.05) is 38.0 Å². The number of hydrogen-bond acceptors (Lipinski definition) is 7. The molecule has 1 saturated heterocycles. The van der Waals surface area contributed by atoms with Crippen LogP contribution < -0.4 is 10.5 Å². The number of anilines is 1. The van der Waals surface area contributed by atoms with Crippen molar-refractivity contribution in [2.45, 2.75) is 16.2 Å². The summed E-state index contributed by atoms with van der Waals surface area (Å²) in [4.78, 5) is 21.5. The summed E-state index contributed by atoms with van der Waals surface area (Å²) in [5.41, 5.74) is 0.867. The molecule has 33 heavy (non-hydrogen) atoms. The number of fused-ring (bicyclic) bond motifs is 1. The second-order valence-electron chi connectivity index (χ2n) is 7.67. The summed E-state index contributed by atoms with van der Waals surface area (Å²) >= 11 is 0. The van der Waals surface area contributed by atoms with Crippen molar-refractivity contribution in [2.24, 2.45) is 5.14 Å². The van der Waals surface area contributed by atoms with Gasteiger partial charge in [0.25, 0.3) is 0 Å². The first kappa shape index (κ1) is 23.3. The van der Waals surface area contributed by atoms with Gasteiger partial charge in [-0.3, -0.25) is 4.79 Å². The van der Waals surface area contributed by atoms with Gasteiger partial charge in [0.15, 0.2) is 0 Å². The lowest BCUT2D eigenvalue weighted by Crippen LogP contribution is -2.49. The summed E-state index contributed by atoms with van der Waals surface area (Å²) in [5, 5.41) is 8.33. The van der Waals surface area contributed by atoms with E-state index in [2.05, 4.69) is 15.3 Å². The lowest BCUT2D eigenvalue weighted by Gasteiger charge is -2.33. The molecule has 0 aliphatic carbocycles. The van der Waals surface area contributed by atoms with E-state index in [0.717, 1.165) is 0 Å². The first-order valence-corrected chi connectivity index (χ1v) is 13.2. The lowest BCUT2D eigenvalue weighted by atomic mass is 10.3. The Morgan fingerprint density at radius 3 is 2.58 bits per heavy atom. The number of carbonyl (C=O) groups excluding carboxylic acids is 1. The van der Waals surface area contributed by atoms with E-state index in [1.54, 1.807) is 24.4 Å². The maximum atomic E-state index is 13.1. The number of nitrogens with one attached hydrogen (secondary N) is 2. The number of rotatable bonds is 7. The minimum Gasteiger partial charge on any atom is -0.345 e. The van der Waals surface area contributed by atoms with Gasteiger partial charge in [0.1, 0.15) is 10.5 Å². The normalized spacial score (nSPS) is 16.2. The van der Waals surface area contributed by atoms with Gasteiger partial charge in [0.2, 0.25) is 26.0 Å². The van der Waals surface area contributed by atoms with E-state index in [1.165, 1.54) is 28.7 Å². The number of pyridine rings is 1. The molecule has 13 heteroatoms. The summed E-state index contributed by atoms with van der Waals surface area (Å²) in [6, 6.07) is 9.15. The van der Waals surface area contributed by atoms with Gasteiger partial charge in [0, 0.05) is 62.6 Å². The number of carbonyl (C=O) groups is 1. The van der Waals surface area contributed by atoms with Crippen molar-refractivity contribution in [1.29, 1.82) is 0 Å². The number of aromatic nitrogens is 2. The largest absolute Gasteiger partial charge is 0.345 e. The third-order valence-electron chi connectivity index (χ3n) is 5.46. The number of benzene rings is 1. The first-order chi connectivity index (χ1) is 15.6. The van der Waals surface area contributed by atoms with Crippen LogP contribution in [0.25, 0.3) is 11.0 Å². The smallest absolute Gasteiger partial charge is 0.245 e. The molecule has 0 radical (unpaired) electrons. The minimum atomic E-state index is -3.86. The third kappa shape index (κ3) is 5.23. The predicted molar refractivity (Wildman–Crippen MR) is 122 cm³/mol. The topological polar surface area (TPSA) is 159 Å². The molecule has 11 nitrogen and oxygen atoms in total. The second-order valence-corrected chi connectivity index (χ2v) is 11.1. The summed E-state index contributed by atoms with van der Waals surface area (Å²) < 4.78 is 50.5. The number of nitrogens with two attached hydrogens (primary N) is 1. The Labute approximate surface area is 191 Å². The van der Waals surface area contributed by atoms with Crippen LogP contribution in [0.4, 0.5) is 5.69 Å². The van der Waals surface area contributed by atoms with Crippen LogP contribution in [0.3, 0.4) is 0 Å². The van der Waals surface area contributed by atoms with Crippen LogP contribution in [0, 0.1) is 0 Å². The molecule has 4 rings (SSSR count). The highest BCUT2D eigenvalue weighted by molar-refractivity contribution is 7.89. The summed E-state index contributed by atoms with van der Waals surface area (Å²) in [5.74, 6) is -0.275. The fraction of sp³-hybridized carbons (Fsp3) is 0.300. The number of sulfonamides is 2. The maximum Gasteiger partial charge on any atom is 0.245 e. The third-order valence-corrected chi connectivity index (χ3v) is 8.31. The maximum absolute atomic E-state index is 13.1. The zero-order chi connectivity index (χ0) is 23.6. The van der Waals surface area contributed by atoms with Gasteiger partial charge >= 0.3 is 0 Å². The fourth-order valence-corrected chi connectivity index (χ4v) is 5.84. The molecule has 0 bridgehead atoms. The van der Waals surface area contributed by atoms with Crippen LogP contribution in [-0.4, -0.2) is 74.6 Å². The number of primary sulfonamides is 1. The molecule has 4 N–H and O–H groups in total. The number of aromatic amines is 1. The molecule has 1 amide bonds. The molecule has 2 aromatic heterocycles. The van der Waals surface area contributed by atoms with Crippen LogP contribution in [-0.2, 0) is 24.8 Å². The minimum absolute atomic E-state index is 0.0800. The Bertz CT molecular complexity index is 1380. The molecule has 1 fully saturated rings. The van der Waals surface area contributed by atoms with Crippen molar-refractivity contribution >= 4 is 42.7 Å². The van der Waals surface area contributed by atoms with E-state index in [-0.39, 0.29) is 22.1 Å². The molecule has 1 aliphatic heterocycles. The number of nitrogens with zero attached hydrogens (tertiary/aromatic N) is 3. The lowest BCUT2D eigenvalue weighted by molar-refractivity contribution is -0.116. The van der Waals surface area contributed by atoms with Crippen LogP contribution in [0.15, 0.2) is 58.6 Å². The molecular formula is C20H24N6O5S2. The molecular weight excluding hydrogens is 468 g/mol. The molecule has 3 aromatic rings. The average molecular weight is 493 g/mol. The zero-order valence-corrected chi connectivity index (χ0v) is 19.3. The van der Waals surface area contributed by atoms with Gasteiger partial charge in [-0.25, -0.2) is 27.0 Å². The summed E-state index contributed by atoms with van der Waals surface area (Å²) in [7, 11) is -7.52. The Morgan fingerprint density at radius 1 is 1.09 bits per heavy atom. The van der Waals surface area contributed by atoms with Crippen molar-refractivity contribution < 1.29 is 21.6 Å². The van der Waals surface area contributed by atoms with E-state index in [1.807, 2.05) is 4.90 Å². The van der Waals surface area contributed by atoms with E-state index in [4.69, 9.17) is 5.14 Å². The molecule has 0 atom stereocenters. The van der Waals surface area contributed by atoms with Crippen LogP contribution in [0.5, 0.6) is 0 Å². The SMILES string of the molecule is NS(=O)(=O)c1cccc(NC(=O)CCN2CCN(S(=O)(=O)c3c[nH]c4ncccc34)CC2)c1. The molecule has 0 spiro atoms. The van der Waals surface area contributed by atoms with E-state index in [0.29, 0.717) is 49.4 Å². The molecule has 176 valence electrons. The summed E-state index contributed by atoms with van der Waals surface area (Å²) in [6.07, 6.45) is 3.25. The Balaban J connectivity index is 1.30. The van der Waals surface area contributed by atoms with Crippen LogP contribution in [0.2, 0.25) is 0 Å². The highest BCUT2D eigenvalue weighted by atomic mass is 32.2. The van der Waals surface area contributed by atoms with Gasteiger partial charge in [-0.1, -0.05) is 6.07 Å². The number of H-pyrrole nitrogens is 1. The quantitative estimate of drug-likeness (QED) is 0.434. The summed E-state index contributed by atoms with van der Waals surface area (Å²) in [6.45, 7) is 2.06. The standard InChI is InChI=1S/C20H24N6O5S2/c21-32(28,29)16-4-1-3-15(13-16)24-19(27)6-8-25-9-11-26(12-10-25)33(30,31)18-14-23-20-17(18)5-2-7-22-20/h1-5,7,13-14H,6,8-12H2,(H,22,23)(H,24,27)(H2,21,28,29). The molecule has 1 aliphatic rings. The van der Waals surface area contributed by atoms with Crippen LogP contribution in [0.1, 0.15) is 6.42 Å². The van der Waals surface area contributed by atoms with E-state index >= 15 is 0 Å². The van der Waals surface area contributed by atoms with Gasteiger partial charge < -0.3 is 15.2 Å². The highest BCUT2D eigenvalue weighted by Gasteiger charge is 2.30. The van der Waals surface area contributed by atoms with Crippen molar-refractivity contribution in [3.8, 4) is 0 Å². The second kappa shape index (κ2) is 9.19. The van der Waals surface area contributed by atoms with E-state index < -0.39 is 20.0 Å². The Kier molecular flexibility index (Phi) is 6.50. The van der Waals surface area contributed by atoms with Crippen molar-refractivity contribution in [3.63, 3.8) is 0 Å². The van der Waals surface area contributed by atoms with Crippen LogP contribution >= 0.6 is 0 Å². The van der Waals surface area contributed by atoms with Crippen molar-refractivity contribution in [1.82, 2.24) is 19.2 Å². The van der Waals surface area contributed by atoms with Gasteiger partial charge in [-0.2, -0.15) is 4.31 Å². The Hall–Kier alpha value is -2.84. The molecule has 1 aromatic carbocycles. The molecule has 0 unspecified atom stereocenters. The molecule has 3 heterocycles. The van der Waals surface area contributed by atoms with Gasteiger partial charge in [0.05, 0.1) is 4.90 Å². The number of amides is 1. The number of hydrogen-bond donors (Lipinski definition) is 3. The Morgan fingerprint density at radius 2 is 1.85 bits per heavy atom. The van der Waals surface area contributed by atoms with Crippen molar-refractivity contribution in [3.05, 3.63) is 48.8 Å². The van der Waals surface area contributed by atoms with Gasteiger partial charge in [-0.15, -0.1) is 0 Å². The molecule has 0 saturated carbocycles. The average Bonchev–Trinajstić information content (AvgIpc) is 3.23. The van der Waals surface area contributed by atoms with Gasteiger partial charge in [-0.05, 0) is 30.3 Å². The number of piperazine rings is 1. The fourth-order valence-electron chi connectivity index (χ4n) is 3.71. The van der Waals surface area contributed by atoms with E-state index in [9.17, 15) is 21.6 Å². The zero-order valence-electron chi connectivity index (χ0n) is 17.6. The predicted octanol–water partition coefficient (Wildman–Crippen LogP) is 0.545. The highest BCUT2D eigenvalue weighted by Crippen LogP contribution is 2.25. The monoisotopic (exact) mass is 492 g/mol. The first-order valence-electron chi connectivity index (χ1n) is 10.2.